The molecule has 1 aliphatic heterocycles. The van der Waals surface area contributed by atoms with Gasteiger partial charge in [0.15, 0.2) is 0 Å². The average Bonchev–Trinajstić information content (AvgIpc) is 2.78. The van der Waals surface area contributed by atoms with Gasteiger partial charge in [-0.15, -0.1) is 0 Å². The number of carboxylic acids is 1. The van der Waals surface area contributed by atoms with Gasteiger partial charge in [-0.2, -0.15) is 11.8 Å². The zero-order chi connectivity index (χ0) is 12.3. The molecule has 1 aromatic rings. The second-order valence-corrected chi connectivity index (χ2v) is 6.21. The van der Waals surface area contributed by atoms with Crippen LogP contribution in [0.15, 0.2) is 22.7 Å². The van der Waals surface area contributed by atoms with E-state index >= 15 is 0 Å². The summed E-state index contributed by atoms with van der Waals surface area (Å²) in [6.45, 7) is 0.919. The normalized spacial score (nSPS) is 19.2. The largest absolute Gasteiger partial charge is 0.478 e. The molecule has 1 unspecified atom stereocenters. The number of nitrogens with one attached hydrogen (secondary N) is 1. The summed E-state index contributed by atoms with van der Waals surface area (Å²) in [6.07, 6.45) is 1.25. The van der Waals surface area contributed by atoms with Gasteiger partial charge >= 0.3 is 5.97 Å². The fourth-order valence-electron chi connectivity index (χ4n) is 1.82. The zero-order valence-electron chi connectivity index (χ0n) is 9.28. The molecule has 1 saturated heterocycles. The first-order valence-corrected chi connectivity index (χ1v) is 7.45. The number of thioether (sulfide) groups is 1. The van der Waals surface area contributed by atoms with Crippen molar-refractivity contribution in [2.24, 2.45) is 5.92 Å². The molecule has 1 fully saturated rings. The van der Waals surface area contributed by atoms with E-state index in [1.165, 1.54) is 17.9 Å². The number of hydrogen-bond acceptors (Lipinski definition) is 3. The zero-order valence-corrected chi connectivity index (χ0v) is 11.7. The standard InChI is InChI=1S/C12H14BrNO2S/c13-10-3-9(12(15)16)4-11(5-10)14-6-8-1-2-17-7-8/h3-5,8,14H,1-2,6-7H2,(H,15,16). The van der Waals surface area contributed by atoms with Crippen LogP contribution in [-0.4, -0.2) is 29.1 Å². The van der Waals surface area contributed by atoms with E-state index in [9.17, 15) is 4.79 Å². The van der Waals surface area contributed by atoms with Crippen LogP contribution in [0.1, 0.15) is 16.8 Å². The van der Waals surface area contributed by atoms with Crippen molar-refractivity contribution in [2.75, 3.05) is 23.4 Å². The topological polar surface area (TPSA) is 49.3 Å². The number of carbonyl (C=O) groups is 1. The Labute approximate surface area is 113 Å². The third-order valence-corrected chi connectivity index (χ3v) is 4.45. The molecular formula is C12H14BrNO2S. The lowest BCUT2D eigenvalue weighted by molar-refractivity contribution is 0.0697. The minimum atomic E-state index is -0.897. The van der Waals surface area contributed by atoms with Crippen LogP contribution in [0.25, 0.3) is 0 Å². The van der Waals surface area contributed by atoms with Crippen LogP contribution in [-0.2, 0) is 0 Å². The summed E-state index contributed by atoms with van der Waals surface area (Å²) in [7, 11) is 0. The summed E-state index contributed by atoms with van der Waals surface area (Å²) in [5.41, 5.74) is 1.18. The minimum absolute atomic E-state index is 0.308. The van der Waals surface area contributed by atoms with Crippen molar-refractivity contribution < 1.29 is 9.90 Å². The Morgan fingerprint density at radius 1 is 1.53 bits per heavy atom. The lowest BCUT2D eigenvalue weighted by atomic mass is 10.1. The van der Waals surface area contributed by atoms with Gasteiger partial charge in [-0.25, -0.2) is 4.79 Å². The molecule has 2 rings (SSSR count). The van der Waals surface area contributed by atoms with Gasteiger partial charge in [-0.1, -0.05) is 15.9 Å². The fraction of sp³-hybridized carbons (Fsp3) is 0.417. The fourth-order valence-corrected chi connectivity index (χ4v) is 3.60. The van der Waals surface area contributed by atoms with E-state index in [1.54, 1.807) is 12.1 Å². The van der Waals surface area contributed by atoms with Gasteiger partial charge in [0.05, 0.1) is 5.56 Å². The van der Waals surface area contributed by atoms with Gasteiger partial charge in [-0.05, 0) is 42.0 Å². The number of carboxylic acid groups (broad SMARTS) is 1. The number of rotatable bonds is 4. The Morgan fingerprint density at radius 3 is 3.00 bits per heavy atom. The number of hydrogen-bond donors (Lipinski definition) is 2. The Hall–Kier alpha value is -0.680. The molecule has 92 valence electrons. The first kappa shape index (κ1) is 12.8. The van der Waals surface area contributed by atoms with E-state index in [4.69, 9.17) is 5.11 Å². The highest BCUT2D eigenvalue weighted by molar-refractivity contribution is 9.10. The SMILES string of the molecule is O=C(O)c1cc(Br)cc(NCC2CCSC2)c1. The first-order chi connectivity index (χ1) is 8.15. The van der Waals surface area contributed by atoms with Crippen LogP contribution in [0, 0.1) is 5.92 Å². The van der Waals surface area contributed by atoms with Crippen LogP contribution in [0.3, 0.4) is 0 Å². The Bertz CT molecular complexity index is 419. The molecule has 0 amide bonds. The van der Waals surface area contributed by atoms with Crippen molar-refractivity contribution in [1.29, 1.82) is 0 Å². The van der Waals surface area contributed by atoms with Crippen molar-refractivity contribution in [3.8, 4) is 0 Å². The summed E-state index contributed by atoms with van der Waals surface area (Å²) < 4.78 is 0.792. The van der Waals surface area contributed by atoms with Crippen LogP contribution in [0.5, 0.6) is 0 Å². The third-order valence-electron chi connectivity index (χ3n) is 2.76. The highest BCUT2D eigenvalue weighted by Crippen LogP contribution is 2.25. The second kappa shape index (κ2) is 5.78. The maximum Gasteiger partial charge on any atom is 0.335 e. The summed E-state index contributed by atoms with van der Waals surface area (Å²) in [4.78, 5) is 10.9. The third kappa shape index (κ3) is 3.64. The molecule has 0 spiro atoms. The molecule has 1 aromatic carbocycles. The predicted molar refractivity (Wildman–Crippen MR) is 75.0 cm³/mol. The van der Waals surface area contributed by atoms with E-state index in [-0.39, 0.29) is 0 Å². The molecule has 0 bridgehead atoms. The van der Waals surface area contributed by atoms with E-state index in [1.807, 2.05) is 17.8 Å². The molecule has 1 atom stereocenters. The van der Waals surface area contributed by atoms with E-state index in [0.717, 1.165) is 16.7 Å². The van der Waals surface area contributed by atoms with Gasteiger partial charge in [0.1, 0.15) is 0 Å². The van der Waals surface area contributed by atoms with Crippen molar-refractivity contribution in [1.82, 2.24) is 0 Å². The van der Waals surface area contributed by atoms with Gasteiger partial charge in [0.25, 0.3) is 0 Å². The smallest absolute Gasteiger partial charge is 0.335 e. The van der Waals surface area contributed by atoms with Gasteiger partial charge < -0.3 is 10.4 Å². The summed E-state index contributed by atoms with van der Waals surface area (Å²) in [5, 5.41) is 12.3. The summed E-state index contributed by atoms with van der Waals surface area (Å²) >= 11 is 5.31. The summed E-state index contributed by atoms with van der Waals surface area (Å²) in [5.74, 6) is 2.25. The molecule has 3 nitrogen and oxygen atoms in total. The molecule has 0 aromatic heterocycles. The van der Waals surface area contributed by atoms with E-state index in [0.29, 0.717) is 11.5 Å². The monoisotopic (exact) mass is 315 g/mol. The highest BCUT2D eigenvalue weighted by Gasteiger charge is 2.15. The number of aromatic carboxylic acids is 1. The first-order valence-electron chi connectivity index (χ1n) is 5.50. The van der Waals surface area contributed by atoms with Crippen LogP contribution in [0.4, 0.5) is 5.69 Å². The van der Waals surface area contributed by atoms with Crippen molar-refractivity contribution >= 4 is 39.3 Å². The van der Waals surface area contributed by atoms with Crippen LogP contribution < -0.4 is 5.32 Å². The Morgan fingerprint density at radius 2 is 2.35 bits per heavy atom. The Balaban J connectivity index is 2.01. The molecule has 1 aliphatic rings. The molecule has 0 aliphatic carbocycles. The quantitative estimate of drug-likeness (QED) is 0.895. The Kier molecular flexibility index (Phi) is 4.34. The molecular weight excluding hydrogens is 302 g/mol. The van der Waals surface area contributed by atoms with E-state index in [2.05, 4.69) is 21.2 Å². The van der Waals surface area contributed by atoms with Crippen molar-refractivity contribution in [2.45, 2.75) is 6.42 Å². The molecule has 1 heterocycles. The van der Waals surface area contributed by atoms with Crippen LogP contribution in [0.2, 0.25) is 0 Å². The van der Waals surface area contributed by atoms with Gasteiger partial charge in [0, 0.05) is 16.7 Å². The molecule has 0 saturated carbocycles. The lowest BCUT2D eigenvalue weighted by Gasteiger charge is -2.12. The number of anilines is 1. The average molecular weight is 316 g/mol. The maximum atomic E-state index is 10.9. The number of halogens is 1. The van der Waals surface area contributed by atoms with Crippen molar-refractivity contribution in [3.05, 3.63) is 28.2 Å². The predicted octanol–water partition coefficient (Wildman–Crippen LogP) is 3.31. The van der Waals surface area contributed by atoms with Gasteiger partial charge in [0.2, 0.25) is 0 Å². The van der Waals surface area contributed by atoms with E-state index < -0.39 is 5.97 Å². The van der Waals surface area contributed by atoms with Gasteiger partial charge in [-0.3, -0.25) is 0 Å². The second-order valence-electron chi connectivity index (χ2n) is 4.14. The number of benzene rings is 1. The molecule has 2 N–H and O–H groups in total. The summed E-state index contributed by atoms with van der Waals surface area (Å²) in [6, 6.07) is 5.20. The van der Waals surface area contributed by atoms with Crippen LogP contribution >= 0.6 is 27.7 Å². The molecule has 5 heteroatoms. The molecule has 17 heavy (non-hydrogen) atoms. The maximum absolute atomic E-state index is 10.9. The highest BCUT2D eigenvalue weighted by atomic mass is 79.9. The molecule has 0 radical (unpaired) electrons. The lowest BCUT2D eigenvalue weighted by Crippen LogP contribution is -2.13. The minimum Gasteiger partial charge on any atom is -0.478 e. The van der Waals surface area contributed by atoms with Crippen molar-refractivity contribution in [3.63, 3.8) is 0 Å².